The van der Waals surface area contributed by atoms with Gasteiger partial charge in [0.25, 0.3) is 0 Å². The van der Waals surface area contributed by atoms with Gasteiger partial charge >= 0.3 is 16.2 Å². The van der Waals surface area contributed by atoms with Gasteiger partial charge in [-0.15, -0.1) is 0 Å². The predicted molar refractivity (Wildman–Crippen MR) is 118 cm³/mol. The van der Waals surface area contributed by atoms with Crippen molar-refractivity contribution in [2.24, 2.45) is 0 Å². The first-order valence-corrected chi connectivity index (χ1v) is 12.3. The van der Waals surface area contributed by atoms with Crippen molar-refractivity contribution in [3.63, 3.8) is 0 Å². The Morgan fingerprint density at radius 3 is 2.44 bits per heavy atom. The van der Waals surface area contributed by atoms with Crippen LogP contribution < -0.4 is 4.18 Å². The van der Waals surface area contributed by atoms with Crippen LogP contribution in [0.4, 0.5) is 4.79 Å². The fourth-order valence-corrected chi connectivity index (χ4v) is 5.27. The highest BCUT2D eigenvalue weighted by Gasteiger charge is 2.44. The predicted octanol–water partition coefficient (Wildman–Crippen LogP) is 4.25. The number of aryl methyl sites for hydroxylation is 2. The zero-order valence-corrected chi connectivity index (χ0v) is 19.9. The van der Waals surface area contributed by atoms with Crippen molar-refractivity contribution < 1.29 is 22.1 Å². The van der Waals surface area contributed by atoms with Crippen molar-refractivity contribution in [3.8, 4) is 5.88 Å². The number of piperidine rings is 1. The summed E-state index contributed by atoms with van der Waals surface area (Å²) in [5.41, 5.74) is 1.65. The van der Waals surface area contributed by atoms with Crippen LogP contribution in [0.15, 0.2) is 29.2 Å². The molecule has 0 spiro atoms. The summed E-state index contributed by atoms with van der Waals surface area (Å²) in [5, 5.41) is 0. The summed E-state index contributed by atoms with van der Waals surface area (Å²) in [6.07, 6.45) is 2.53. The number of rotatable bonds is 3. The van der Waals surface area contributed by atoms with E-state index in [-0.39, 0.29) is 29.0 Å². The van der Waals surface area contributed by atoms with Gasteiger partial charge in [-0.1, -0.05) is 17.7 Å². The van der Waals surface area contributed by atoms with Crippen LogP contribution in [-0.4, -0.2) is 41.0 Å². The third-order valence-electron chi connectivity index (χ3n) is 5.72. The summed E-state index contributed by atoms with van der Waals surface area (Å²) >= 11 is 0. The third-order valence-corrected chi connectivity index (χ3v) is 6.94. The topological polar surface area (TPSA) is 98.7 Å². The van der Waals surface area contributed by atoms with Crippen LogP contribution in [-0.2, 0) is 21.3 Å². The first-order valence-electron chi connectivity index (χ1n) is 10.8. The molecule has 3 heterocycles. The van der Waals surface area contributed by atoms with E-state index < -0.39 is 15.7 Å². The molecular weight excluding hydrogens is 430 g/mol. The number of carbonyl (C=O) groups excluding carboxylic acids is 1. The van der Waals surface area contributed by atoms with Gasteiger partial charge in [-0.2, -0.15) is 13.4 Å². The zero-order valence-electron chi connectivity index (χ0n) is 19.1. The molecule has 2 aromatic rings. The van der Waals surface area contributed by atoms with Crippen LogP contribution >= 0.6 is 0 Å². The van der Waals surface area contributed by atoms with Crippen molar-refractivity contribution in [3.05, 3.63) is 46.9 Å². The van der Waals surface area contributed by atoms with Gasteiger partial charge in [0.15, 0.2) is 0 Å². The van der Waals surface area contributed by atoms with Crippen molar-refractivity contribution >= 4 is 16.2 Å². The van der Waals surface area contributed by atoms with E-state index in [0.717, 1.165) is 24.8 Å². The molecule has 172 valence electrons. The van der Waals surface area contributed by atoms with Gasteiger partial charge in [-0.3, -0.25) is 4.90 Å². The number of ether oxygens (including phenoxy) is 1. The second kappa shape index (κ2) is 8.03. The Hall–Kier alpha value is -2.68. The lowest BCUT2D eigenvalue weighted by atomic mass is 9.83. The first-order chi connectivity index (χ1) is 14.9. The van der Waals surface area contributed by atoms with Crippen molar-refractivity contribution in [2.75, 3.05) is 0 Å². The van der Waals surface area contributed by atoms with Crippen molar-refractivity contribution in [2.45, 2.75) is 82.9 Å². The quantitative estimate of drug-likeness (QED) is 0.633. The Kier molecular flexibility index (Phi) is 5.65. The van der Waals surface area contributed by atoms with Crippen LogP contribution in [0.3, 0.4) is 0 Å². The summed E-state index contributed by atoms with van der Waals surface area (Å²) in [7, 11) is -4.05. The molecule has 1 fully saturated rings. The molecule has 0 unspecified atom stereocenters. The number of hydrogen-bond acceptors (Lipinski definition) is 7. The Morgan fingerprint density at radius 1 is 1.09 bits per heavy atom. The van der Waals surface area contributed by atoms with E-state index in [1.807, 2.05) is 27.7 Å². The average molecular weight is 460 g/mol. The minimum Gasteiger partial charge on any atom is -0.444 e. The van der Waals surface area contributed by atoms with E-state index in [0.29, 0.717) is 23.5 Å². The molecule has 0 aliphatic carbocycles. The molecule has 2 aliphatic rings. The van der Waals surface area contributed by atoms with Crippen molar-refractivity contribution in [1.29, 1.82) is 0 Å². The number of aromatic nitrogens is 2. The Bertz CT molecular complexity index is 1140. The molecule has 9 heteroatoms. The molecular formula is C23H29N3O5S. The fourth-order valence-electron chi connectivity index (χ4n) is 4.36. The minimum absolute atomic E-state index is 0.0498. The number of nitrogens with zero attached hydrogens (tertiary/aromatic N) is 3. The maximum absolute atomic E-state index is 13.0. The van der Waals surface area contributed by atoms with Gasteiger partial charge in [-0.05, 0) is 66.0 Å². The Labute approximate surface area is 189 Å². The Morgan fingerprint density at radius 2 is 1.78 bits per heavy atom. The molecule has 8 nitrogen and oxygen atoms in total. The summed E-state index contributed by atoms with van der Waals surface area (Å²) in [6, 6.07) is 6.07. The smallest absolute Gasteiger partial charge is 0.411 e. The van der Waals surface area contributed by atoms with Gasteiger partial charge in [0.1, 0.15) is 16.3 Å². The third kappa shape index (κ3) is 4.44. The molecule has 32 heavy (non-hydrogen) atoms. The lowest BCUT2D eigenvalue weighted by Crippen LogP contribution is -2.51. The highest BCUT2D eigenvalue weighted by molar-refractivity contribution is 7.87. The monoisotopic (exact) mass is 459 g/mol. The number of carbonyl (C=O) groups is 1. The summed E-state index contributed by atoms with van der Waals surface area (Å²) in [4.78, 5) is 23.7. The van der Waals surface area contributed by atoms with E-state index in [2.05, 4.69) is 9.97 Å². The molecule has 1 amide bonds. The van der Waals surface area contributed by atoms with E-state index in [4.69, 9.17) is 8.92 Å². The molecule has 0 radical (unpaired) electrons. The van der Waals surface area contributed by atoms with E-state index in [9.17, 15) is 13.2 Å². The standard InChI is InChI=1S/C23H29N3O5S/c1-14-9-11-17(12-10-14)32(28,29)31-21-18-13-16-7-6-8-19(20(18)24-15(2)25-21)26(16)22(27)30-23(3,4)5/h9-12,16,19H,6-8,13H2,1-5H3/t16-,19+/m0/s1. The molecule has 1 aromatic carbocycles. The minimum atomic E-state index is -4.05. The van der Waals surface area contributed by atoms with Crippen molar-refractivity contribution in [1.82, 2.24) is 14.9 Å². The number of benzene rings is 1. The van der Waals surface area contributed by atoms with Gasteiger partial charge in [0.05, 0.1) is 11.7 Å². The molecule has 4 rings (SSSR count). The average Bonchev–Trinajstić information content (AvgIpc) is 2.67. The number of hydrogen-bond donors (Lipinski definition) is 0. The summed E-state index contributed by atoms with van der Waals surface area (Å²) in [5.74, 6) is 0.444. The SMILES string of the molecule is Cc1ccc(S(=O)(=O)Oc2nc(C)nc3c2C[C@@H]2CCC[C@H]3N2C(=O)OC(C)(C)C)cc1. The summed E-state index contributed by atoms with van der Waals surface area (Å²) < 4.78 is 37.0. The lowest BCUT2D eigenvalue weighted by molar-refractivity contribution is -0.0108. The van der Waals surface area contributed by atoms with Crippen LogP contribution in [0, 0.1) is 13.8 Å². The second-order valence-electron chi connectivity index (χ2n) is 9.48. The number of fused-ring (bicyclic) bond motifs is 4. The molecule has 2 bridgehead atoms. The molecule has 0 N–H and O–H groups in total. The largest absolute Gasteiger partial charge is 0.444 e. The summed E-state index contributed by atoms with van der Waals surface area (Å²) in [6.45, 7) is 9.10. The molecule has 2 atom stereocenters. The maximum atomic E-state index is 13.0. The molecule has 1 saturated heterocycles. The van der Waals surface area contributed by atoms with Gasteiger partial charge in [0, 0.05) is 18.0 Å². The van der Waals surface area contributed by atoms with Gasteiger partial charge in [0.2, 0.25) is 5.88 Å². The molecule has 2 aliphatic heterocycles. The van der Waals surface area contributed by atoms with Crippen LogP contribution in [0.5, 0.6) is 5.88 Å². The normalized spacial score (nSPS) is 20.5. The highest BCUT2D eigenvalue weighted by atomic mass is 32.2. The maximum Gasteiger partial charge on any atom is 0.411 e. The zero-order chi connectivity index (χ0) is 23.3. The van der Waals surface area contributed by atoms with Gasteiger partial charge < -0.3 is 8.92 Å². The lowest BCUT2D eigenvalue weighted by Gasteiger charge is -2.46. The fraction of sp³-hybridized carbons (Fsp3) is 0.522. The molecule has 0 saturated carbocycles. The second-order valence-corrected chi connectivity index (χ2v) is 11.0. The first kappa shape index (κ1) is 22.5. The molecule has 1 aromatic heterocycles. The van der Waals surface area contributed by atoms with E-state index in [1.165, 1.54) is 12.1 Å². The van der Waals surface area contributed by atoms with Gasteiger partial charge in [-0.25, -0.2) is 9.78 Å². The van der Waals surface area contributed by atoms with Crippen LogP contribution in [0.25, 0.3) is 0 Å². The van der Waals surface area contributed by atoms with E-state index in [1.54, 1.807) is 24.0 Å². The van der Waals surface area contributed by atoms with Crippen LogP contribution in [0.1, 0.15) is 68.7 Å². The van der Waals surface area contributed by atoms with E-state index >= 15 is 0 Å². The van der Waals surface area contributed by atoms with Crippen LogP contribution in [0.2, 0.25) is 0 Å². The highest BCUT2D eigenvalue weighted by Crippen LogP contribution is 2.44. The number of amides is 1. The Balaban J connectivity index is 1.71.